The summed E-state index contributed by atoms with van der Waals surface area (Å²) in [5.74, 6) is 0.348. The van der Waals surface area contributed by atoms with Crippen LogP contribution < -0.4 is 10.1 Å². The van der Waals surface area contributed by atoms with Crippen LogP contribution in [-0.2, 0) is 4.79 Å². The lowest BCUT2D eigenvalue weighted by atomic mass is 10.1. The summed E-state index contributed by atoms with van der Waals surface area (Å²) in [6.45, 7) is 1.94. The van der Waals surface area contributed by atoms with Crippen LogP contribution in [0.4, 0.5) is 5.69 Å². The van der Waals surface area contributed by atoms with Crippen molar-refractivity contribution in [3.05, 3.63) is 23.8 Å². The molecule has 0 saturated heterocycles. The Balaban J connectivity index is 2.25. The van der Waals surface area contributed by atoms with Crippen molar-refractivity contribution in [2.24, 2.45) is 5.41 Å². The predicted octanol–water partition coefficient (Wildman–Crippen LogP) is 2.14. The normalized spacial score (nSPS) is 15.4. The van der Waals surface area contributed by atoms with Crippen LogP contribution in [0.2, 0.25) is 0 Å². The van der Waals surface area contributed by atoms with Crippen molar-refractivity contribution in [2.45, 2.75) is 19.8 Å². The van der Waals surface area contributed by atoms with E-state index in [4.69, 9.17) is 4.74 Å². The number of benzene rings is 1. The van der Waals surface area contributed by atoms with Gasteiger partial charge in [0.05, 0.1) is 12.7 Å². The van der Waals surface area contributed by atoms with Gasteiger partial charge in [-0.2, -0.15) is 0 Å². The number of carbonyl (C=O) groups is 2. The molecule has 5 heteroatoms. The predicted molar refractivity (Wildman–Crippen MR) is 77.0 cm³/mol. The van der Waals surface area contributed by atoms with E-state index in [-0.39, 0.29) is 17.2 Å². The minimum Gasteiger partial charge on any atom is -0.496 e. The molecule has 1 aliphatic rings. The lowest BCUT2D eigenvalue weighted by Crippen LogP contribution is -2.24. The van der Waals surface area contributed by atoms with Gasteiger partial charge in [0.25, 0.3) is 5.91 Å². The summed E-state index contributed by atoms with van der Waals surface area (Å²) in [4.78, 5) is 25.6. The molecule has 1 saturated carbocycles. The molecule has 2 rings (SSSR count). The molecule has 1 fully saturated rings. The first-order valence-electron chi connectivity index (χ1n) is 6.58. The third-order valence-electron chi connectivity index (χ3n) is 3.64. The smallest absolute Gasteiger partial charge is 0.257 e. The van der Waals surface area contributed by atoms with Crippen molar-refractivity contribution in [3.63, 3.8) is 0 Å². The summed E-state index contributed by atoms with van der Waals surface area (Å²) in [5, 5.41) is 2.86. The fraction of sp³-hybridized carbons (Fsp3) is 0.467. The highest BCUT2D eigenvalue weighted by Crippen LogP contribution is 2.45. The van der Waals surface area contributed by atoms with Gasteiger partial charge in [0.15, 0.2) is 0 Å². The van der Waals surface area contributed by atoms with Gasteiger partial charge >= 0.3 is 0 Å². The van der Waals surface area contributed by atoms with Gasteiger partial charge in [-0.05, 0) is 31.0 Å². The van der Waals surface area contributed by atoms with Crippen molar-refractivity contribution < 1.29 is 14.3 Å². The number of nitrogens with one attached hydrogen (secondary N) is 1. The highest BCUT2D eigenvalue weighted by Gasteiger charge is 2.44. The zero-order chi connectivity index (χ0) is 14.9. The maximum Gasteiger partial charge on any atom is 0.257 e. The lowest BCUT2D eigenvalue weighted by molar-refractivity contribution is -0.120. The van der Waals surface area contributed by atoms with E-state index < -0.39 is 0 Å². The number of hydrogen-bond acceptors (Lipinski definition) is 3. The van der Waals surface area contributed by atoms with Gasteiger partial charge in [-0.1, -0.05) is 6.92 Å². The topological polar surface area (TPSA) is 58.6 Å². The third-order valence-corrected chi connectivity index (χ3v) is 3.64. The zero-order valence-electron chi connectivity index (χ0n) is 12.3. The summed E-state index contributed by atoms with van der Waals surface area (Å²) < 4.78 is 5.20. The molecule has 1 aromatic rings. The van der Waals surface area contributed by atoms with E-state index in [0.717, 1.165) is 12.8 Å². The molecule has 0 heterocycles. The lowest BCUT2D eigenvalue weighted by Gasteiger charge is -2.16. The number of ether oxygens (including phenoxy) is 1. The summed E-state index contributed by atoms with van der Waals surface area (Å²) in [7, 11) is 4.88. The zero-order valence-corrected chi connectivity index (χ0v) is 12.3. The van der Waals surface area contributed by atoms with Gasteiger partial charge in [0, 0.05) is 25.2 Å². The second kappa shape index (κ2) is 5.15. The molecular formula is C15H20N2O3. The second-order valence-electron chi connectivity index (χ2n) is 5.63. The molecule has 0 atom stereocenters. The number of hydrogen-bond donors (Lipinski definition) is 1. The van der Waals surface area contributed by atoms with Crippen molar-refractivity contribution >= 4 is 17.5 Å². The van der Waals surface area contributed by atoms with Crippen LogP contribution in [0.5, 0.6) is 5.75 Å². The van der Waals surface area contributed by atoms with E-state index in [1.807, 2.05) is 6.92 Å². The van der Waals surface area contributed by atoms with Crippen LogP contribution in [0.1, 0.15) is 30.1 Å². The molecule has 0 aromatic heterocycles. The van der Waals surface area contributed by atoms with E-state index >= 15 is 0 Å². The van der Waals surface area contributed by atoms with Crippen LogP contribution in [0.15, 0.2) is 18.2 Å². The Labute approximate surface area is 118 Å². The maximum absolute atomic E-state index is 12.1. The Morgan fingerprint density at radius 2 is 1.95 bits per heavy atom. The van der Waals surface area contributed by atoms with Gasteiger partial charge in [-0.25, -0.2) is 0 Å². The molecule has 1 N–H and O–H groups in total. The summed E-state index contributed by atoms with van der Waals surface area (Å²) in [5.41, 5.74) is 0.816. The highest BCUT2D eigenvalue weighted by molar-refractivity contribution is 6.00. The first-order chi connectivity index (χ1) is 9.37. The van der Waals surface area contributed by atoms with Crippen LogP contribution >= 0.6 is 0 Å². The Morgan fingerprint density at radius 1 is 1.30 bits per heavy atom. The molecule has 108 valence electrons. The molecule has 0 bridgehead atoms. The fourth-order valence-corrected chi connectivity index (χ4v) is 1.89. The minimum absolute atomic E-state index is 0.00548. The Morgan fingerprint density at radius 3 is 2.45 bits per heavy atom. The van der Waals surface area contributed by atoms with Crippen LogP contribution in [0, 0.1) is 5.41 Å². The molecule has 0 unspecified atom stereocenters. The van der Waals surface area contributed by atoms with Crippen molar-refractivity contribution in [2.75, 3.05) is 26.5 Å². The summed E-state index contributed by atoms with van der Waals surface area (Å²) in [6.07, 6.45) is 1.83. The van der Waals surface area contributed by atoms with Gasteiger partial charge < -0.3 is 15.0 Å². The van der Waals surface area contributed by atoms with E-state index in [2.05, 4.69) is 5.32 Å². The molecule has 0 aliphatic heterocycles. The van der Waals surface area contributed by atoms with E-state index in [9.17, 15) is 9.59 Å². The Hall–Kier alpha value is -2.04. The summed E-state index contributed by atoms with van der Waals surface area (Å²) in [6, 6.07) is 5.10. The minimum atomic E-state index is -0.244. The van der Waals surface area contributed by atoms with Crippen molar-refractivity contribution in [1.82, 2.24) is 4.90 Å². The Bertz CT molecular complexity index is 548. The Kier molecular flexibility index (Phi) is 3.70. The monoisotopic (exact) mass is 276 g/mol. The quantitative estimate of drug-likeness (QED) is 0.916. The second-order valence-corrected chi connectivity index (χ2v) is 5.63. The standard InChI is InChI=1S/C15H20N2O3/c1-15(7-8-15)14(19)16-10-5-6-12(20-4)11(9-10)13(18)17(2)3/h5-6,9H,7-8H2,1-4H3,(H,16,19). The van der Waals surface area contributed by atoms with Crippen LogP contribution in [-0.4, -0.2) is 37.9 Å². The molecule has 0 spiro atoms. The molecular weight excluding hydrogens is 256 g/mol. The number of carbonyl (C=O) groups excluding carboxylic acids is 2. The number of anilines is 1. The number of amides is 2. The first kappa shape index (κ1) is 14.4. The van der Waals surface area contributed by atoms with Crippen LogP contribution in [0.3, 0.4) is 0 Å². The first-order valence-corrected chi connectivity index (χ1v) is 6.58. The third kappa shape index (κ3) is 2.76. The molecule has 2 amide bonds. The van der Waals surface area contributed by atoms with Crippen LogP contribution in [0.25, 0.3) is 0 Å². The van der Waals surface area contributed by atoms with Gasteiger partial charge in [0.1, 0.15) is 5.75 Å². The van der Waals surface area contributed by atoms with Gasteiger partial charge in [-0.15, -0.1) is 0 Å². The van der Waals surface area contributed by atoms with E-state index in [1.165, 1.54) is 12.0 Å². The summed E-state index contributed by atoms with van der Waals surface area (Å²) >= 11 is 0. The largest absolute Gasteiger partial charge is 0.496 e. The number of methoxy groups -OCH3 is 1. The number of rotatable bonds is 4. The molecule has 5 nitrogen and oxygen atoms in total. The van der Waals surface area contributed by atoms with E-state index in [0.29, 0.717) is 17.0 Å². The number of nitrogens with zero attached hydrogens (tertiary/aromatic N) is 1. The molecule has 20 heavy (non-hydrogen) atoms. The highest BCUT2D eigenvalue weighted by atomic mass is 16.5. The fourth-order valence-electron chi connectivity index (χ4n) is 1.89. The maximum atomic E-state index is 12.1. The molecule has 1 aromatic carbocycles. The van der Waals surface area contributed by atoms with Crippen molar-refractivity contribution in [3.8, 4) is 5.75 Å². The molecule has 1 aliphatic carbocycles. The van der Waals surface area contributed by atoms with Crippen molar-refractivity contribution in [1.29, 1.82) is 0 Å². The average Bonchev–Trinajstić information content (AvgIpc) is 3.17. The molecule has 0 radical (unpaired) electrons. The van der Waals surface area contributed by atoms with Gasteiger partial charge in [-0.3, -0.25) is 9.59 Å². The van der Waals surface area contributed by atoms with E-state index in [1.54, 1.807) is 32.3 Å². The SMILES string of the molecule is COc1ccc(NC(=O)C2(C)CC2)cc1C(=O)N(C)C. The average molecular weight is 276 g/mol. The van der Waals surface area contributed by atoms with Gasteiger partial charge in [0.2, 0.25) is 5.91 Å².